The summed E-state index contributed by atoms with van der Waals surface area (Å²) in [7, 11) is 0. The van der Waals surface area contributed by atoms with Gasteiger partial charge in [-0.3, -0.25) is 0 Å². The van der Waals surface area contributed by atoms with Crippen molar-refractivity contribution in [2.75, 3.05) is 12.3 Å². The topological polar surface area (TPSA) is 51.0 Å². The van der Waals surface area contributed by atoms with E-state index in [1.165, 1.54) is 11.3 Å². The van der Waals surface area contributed by atoms with Gasteiger partial charge in [0.2, 0.25) is 0 Å². The maximum atomic E-state index is 5.90. The fourth-order valence-electron chi connectivity index (χ4n) is 1.49. The summed E-state index contributed by atoms with van der Waals surface area (Å²) < 4.78 is 6.23. The van der Waals surface area contributed by atoms with Crippen LogP contribution in [0.3, 0.4) is 0 Å². The number of anilines is 1. The van der Waals surface area contributed by atoms with Crippen molar-refractivity contribution in [3.63, 3.8) is 0 Å². The van der Waals surface area contributed by atoms with E-state index in [-0.39, 0.29) is 0 Å². The number of para-hydroxylation sites is 1. The number of rotatable bonds is 3. The Labute approximate surface area is 103 Å². The molecule has 1 heterocycles. The van der Waals surface area contributed by atoms with Crippen LogP contribution < -0.4 is 10.5 Å². The first kappa shape index (κ1) is 11.2. The summed E-state index contributed by atoms with van der Waals surface area (Å²) >= 11 is 6.44. The molecule has 16 heavy (non-hydrogen) atoms. The van der Waals surface area contributed by atoms with Crippen LogP contribution in [0.25, 0.3) is 11.3 Å². The van der Waals surface area contributed by atoms with Crippen molar-refractivity contribution in [1.82, 2.24) is 4.98 Å². The highest BCUT2D eigenvalue weighted by Gasteiger charge is 2.10. The first-order chi connectivity index (χ1) is 7.72. The molecule has 2 rings (SSSR count). The van der Waals surface area contributed by atoms with Gasteiger partial charge in [-0.15, -0.1) is 0 Å². The number of H-pyrrole nitrogens is 1. The number of hydrogen-bond donors (Lipinski definition) is 2. The van der Waals surface area contributed by atoms with Crippen molar-refractivity contribution in [3.05, 3.63) is 28.2 Å². The Morgan fingerprint density at radius 2 is 2.19 bits per heavy atom. The molecule has 0 saturated carbocycles. The van der Waals surface area contributed by atoms with Gasteiger partial charge in [-0.05, 0) is 31.3 Å². The molecule has 0 radical (unpaired) electrons. The number of ether oxygens (including phenoxy) is 1. The molecule has 0 fully saturated rings. The van der Waals surface area contributed by atoms with Crippen molar-refractivity contribution in [1.29, 1.82) is 0 Å². The van der Waals surface area contributed by atoms with Gasteiger partial charge in [-0.1, -0.05) is 23.5 Å². The largest absolute Gasteiger partial charge is 0.493 e. The number of aromatic nitrogens is 1. The van der Waals surface area contributed by atoms with Gasteiger partial charge in [-0.2, -0.15) is 0 Å². The zero-order valence-electron chi connectivity index (χ0n) is 8.82. The molecule has 0 saturated heterocycles. The van der Waals surface area contributed by atoms with Crippen molar-refractivity contribution >= 4 is 28.6 Å². The van der Waals surface area contributed by atoms with E-state index in [9.17, 15) is 0 Å². The first-order valence-corrected chi connectivity index (χ1v) is 6.15. The molecule has 1 aromatic carbocycles. The molecule has 5 heteroatoms. The second kappa shape index (κ2) is 4.67. The molecule has 0 unspecified atom stereocenters. The highest BCUT2D eigenvalue weighted by Crippen LogP contribution is 2.34. The first-order valence-electron chi connectivity index (χ1n) is 4.93. The third kappa shape index (κ3) is 2.10. The SMILES string of the molecule is CCOc1ccccc1-c1[nH]c(=S)sc1N. The maximum absolute atomic E-state index is 5.90. The molecular formula is C11H12N2OS2. The standard InChI is InChI=1S/C11H12N2OS2/c1-2-14-8-6-4-3-5-7(8)9-10(12)16-11(15)13-9/h3-6H,2,12H2,1H3,(H,13,15). The molecule has 3 nitrogen and oxygen atoms in total. The Morgan fingerprint density at radius 3 is 2.81 bits per heavy atom. The predicted octanol–water partition coefficient (Wildman–Crippen LogP) is 3.45. The number of nitrogens with two attached hydrogens (primary N) is 1. The van der Waals surface area contributed by atoms with Crippen molar-refractivity contribution < 1.29 is 4.74 Å². The smallest absolute Gasteiger partial charge is 0.160 e. The minimum Gasteiger partial charge on any atom is -0.493 e. The number of aromatic amines is 1. The minimum atomic E-state index is 0.627. The van der Waals surface area contributed by atoms with E-state index in [2.05, 4.69) is 4.98 Å². The Hall–Kier alpha value is -1.33. The van der Waals surface area contributed by atoms with Gasteiger partial charge in [0.05, 0.1) is 12.3 Å². The average Bonchev–Trinajstić information content (AvgIpc) is 2.59. The molecule has 0 spiro atoms. The van der Waals surface area contributed by atoms with E-state index in [0.29, 0.717) is 15.6 Å². The van der Waals surface area contributed by atoms with E-state index in [0.717, 1.165) is 17.0 Å². The molecule has 84 valence electrons. The van der Waals surface area contributed by atoms with Gasteiger partial charge in [-0.25, -0.2) is 0 Å². The van der Waals surface area contributed by atoms with Crippen LogP contribution in [-0.4, -0.2) is 11.6 Å². The fourth-order valence-corrected chi connectivity index (χ4v) is 2.48. The lowest BCUT2D eigenvalue weighted by Crippen LogP contribution is -1.95. The monoisotopic (exact) mass is 252 g/mol. The summed E-state index contributed by atoms with van der Waals surface area (Å²) in [6.45, 7) is 2.58. The molecule has 3 N–H and O–H groups in total. The van der Waals surface area contributed by atoms with E-state index in [4.69, 9.17) is 22.7 Å². The summed E-state index contributed by atoms with van der Waals surface area (Å²) in [5.41, 5.74) is 7.70. The van der Waals surface area contributed by atoms with E-state index >= 15 is 0 Å². The molecule has 0 aliphatic rings. The fraction of sp³-hybridized carbons (Fsp3) is 0.182. The summed E-state index contributed by atoms with van der Waals surface area (Å²) in [4.78, 5) is 3.09. The van der Waals surface area contributed by atoms with Gasteiger partial charge < -0.3 is 15.5 Å². The van der Waals surface area contributed by atoms with E-state index in [1.54, 1.807) is 0 Å². The van der Waals surface area contributed by atoms with Crippen LogP contribution >= 0.6 is 23.6 Å². The molecule has 0 atom stereocenters. The van der Waals surface area contributed by atoms with Crippen molar-refractivity contribution in [2.45, 2.75) is 6.92 Å². The van der Waals surface area contributed by atoms with E-state index in [1.807, 2.05) is 31.2 Å². The minimum absolute atomic E-state index is 0.627. The quantitative estimate of drug-likeness (QED) is 0.823. The van der Waals surface area contributed by atoms with Gasteiger partial charge in [0.15, 0.2) is 3.95 Å². The Balaban J connectivity index is 2.55. The Morgan fingerprint density at radius 1 is 1.44 bits per heavy atom. The van der Waals surface area contributed by atoms with Gasteiger partial charge in [0.25, 0.3) is 0 Å². The molecule has 0 bridgehead atoms. The van der Waals surface area contributed by atoms with Crippen LogP contribution in [0.4, 0.5) is 5.00 Å². The van der Waals surface area contributed by atoms with Crippen molar-refractivity contribution in [2.24, 2.45) is 0 Å². The summed E-state index contributed by atoms with van der Waals surface area (Å²) in [5, 5.41) is 0.692. The zero-order valence-corrected chi connectivity index (χ0v) is 10.5. The van der Waals surface area contributed by atoms with Gasteiger partial charge in [0.1, 0.15) is 10.8 Å². The molecule has 0 amide bonds. The number of nitrogens with one attached hydrogen (secondary N) is 1. The molecule has 1 aromatic heterocycles. The second-order valence-corrected chi connectivity index (χ2v) is 4.90. The van der Waals surface area contributed by atoms with Crippen LogP contribution in [-0.2, 0) is 0 Å². The van der Waals surface area contributed by atoms with Crippen LogP contribution in [0, 0.1) is 3.95 Å². The van der Waals surface area contributed by atoms with Gasteiger partial charge >= 0.3 is 0 Å². The number of nitrogen functional groups attached to an aromatic ring is 1. The third-order valence-corrected chi connectivity index (χ3v) is 3.20. The van der Waals surface area contributed by atoms with Crippen molar-refractivity contribution in [3.8, 4) is 17.0 Å². The lowest BCUT2D eigenvalue weighted by Gasteiger charge is -2.08. The molecule has 0 aliphatic heterocycles. The van der Waals surface area contributed by atoms with Crippen LogP contribution in [0.2, 0.25) is 0 Å². The second-order valence-electron chi connectivity index (χ2n) is 3.18. The summed E-state index contributed by atoms with van der Waals surface area (Å²) in [5.74, 6) is 0.820. The van der Waals surface area contributed by atoms with Gasteiger partial charge in [0, 0.05) is 5.56 Å². The molecular weight excluding hydrogens is 240 g/mol. The highest BCUT2D eigenvalue weighted by atomic mass is 32.1. The predicted molar refractivity (Wildman–Crippen MR) is 70.5 cm³/mol. The molecule has 2 aromatic rings. The number of thiazole rings is 1. The lowest BCUT2D eigenvalue weighted by atomic mass is 10.1. The van der Waals surface area contributed by atoms with Crippen LogP contribution in [0.5, 0.6) is 5.75 Å². The zero-order chi connectivity index (χ0) is 11.5. The Kier molecular flexibility index (Phi) is 3.26. The van der Waals surface area contributed by atoms with Crippen LogP contribution in [0.1, 0.15) is 6.92 Å². The average molecular weight is 252 g/mol. The Bertz CT molecular complexity index is 545. The third-order valence-electron chi connectivity index (χ3n) is 2.13. The number of benzene rings is 1. The summed E-state index contributed by atoms with van der Waals surface area (Å²) in [6, 6.07) is 7.78. The maximum Gasteiger partial charge on any atom is 0.160 e. The van der Waals surface area contributed by atoms with Crippen LogP contribution in [0.15, 0.2) is 24.3 Å². The normalized spacial score (nSPS) is 10.3. The summed E-state index contributed by atoms with van der Waals surface area (Å²) in [6.07, 6.45) is 0. The lowest BCUT2D eigenvalue weighted by molar-refractivity contribution is 0.341. The highest BCUT2D eigenvalue weighted by molar-refractivity contribution is 7.73. The molecule has 0 aliphatic carbocycles. The number of hydrogen-bond acceptors (Lipinski definition) is 4. The van der Waals surface area contributed by atoms with E-state index < -0.39 is 0 Å².